The third kappa shape index (κ3) is 4.76. The first-order valence-corrected chi connectivity index (χ1v) is 8.95. The summed E-state index contributed by atoms with van der Waals surface area (Å²) in [7, 11) is 1.77. The normalized spacial score (nSPS) is 18.6. The Kier molecular flexibility index (Phi) is 6.76. The summed E-state index contributed by atoms with van der Waals surface area (Å²) in [5, 5.41) is 6.72. The number of rotatable bonds is 6. The Labute approximate surface area is 135 Å². The van der Waals surface area contributed by atoms with Crippen LogP contribution in [-0.2, 0) is 0 Å². The Morgan fingerprint density at radius 3 is 3.18 bits per heavy atom. The minimum Gasteiger partial charge on any atom is -0.356 e. The van der Waals surface area contributed by atoms with Crippen molar-refractivity contribution < 1.29 is 4.39 Å². The first-order valence-electron chi connectivity index (χ1n) is 7.56. The van der Waals surface area contributed by atoms with Crippen LogP contribution in [0.3, 0.4) is 0 Å². The van der Waals surface area contributed by atoms with Crippen molar-refractivity contribution in [2.75, 3.05) is 43.6 Å². The van der Waals surface area contributed by atoms with E-state index in [0.29, 0.717) is 5.82 Å². The van der Waals surface area contributed by atoms with Gasteiger partial charge in [-0.15, -0.1) is 0 Å². The Hall–Kier alpha value is -1.50. The lowest BCUT2D eigenvalue weighted by atomic mass is 10.3. The highest BCUT2D eigenvalue weighted by Gasteiger charge is 2.25. The van der Waals surface area contributed by atoms with Gasteiger partial charge in [0.05, 0.1) is 0 Å². The molecule has 1 aromatic heterocycles. The summed E-state index contributed by atoms with van der Waals surface area (Å²) in [4.78, 5) is 10.4. The van der Waals surface area contributed by atoms with Gasteiger partial charge < -0.3 is 15.5 Å². The lowest BCUT2D eigenvalue weighted by Gasteiger charge is -2.19. The van der Waals surface area contributed by atoms with Gasteiger partial charge in [-0.1, -0.05) is 0 Å². The minimum absolute atomic E-state index is 0.258. The van der Waals surface area contributed by atoms with Crippen LogP contribution >= 0.6 is 11.8 Å². The van der Waals surface area contributed by atoms with Crippen LogP contribution in [0.4, 0.5) is 10.2 Å². The van der Waals surface area contributed by atoms with Crippen molar-refractivity contribution in [2.45, 2.75) is 18.9 Å². The standard InChI is InChI=1S/C15H24FN5S/c1-17-15(19-8-4-10-22-2)20-12-6-9-21(11-12)14-13(16)5-3-7-18-14/h3,5,7,12H,4,6,8-11H2,1-2H3,(H2,17,19,20). The molecule has 0 radical (unpaired) electrons. The van der Waals surface area contributed by atoms with Crippen LogP contribution in [0, 0.1) is 5.82 Å². The SMILES string of the molecule is CN=C(NCCCSC)NC1CCN(c2ncccc2F)C1. The summed E-state index contributed by atoms with van der Waals surface area (Å²) in [6, 6.07) is 3.33. The molecule has 0 bridgehead atoms. The molecule has 122 valence electrons. The lowest BCUT2D eigenvalue weighted by molar-refractivity contribution is 0.612. The van der Waals surface area contributed by atoms with Crippen LogP contribution in [0.2, 0.25) is 0 Å². The largest absolute Gasteiger partial charge is 0.356 e. The van der Waals surface area contributed by atoms with Crippen molar-refractivity contribution in [1.82, 2.24) is 15.6 Å². The second-order valence-corrected chi connectivity index (χ2v) is 6.22. The van der Waals surface area contributed by atoms with Crippen molar-refractivity contribution in [3.63, 3.8) is 0 Å². The van der Waals surface area contributed by atoms with E-state index in [0.717, 1.165) is 44.2 Å². The molecule has 1 aliphatic rings. The maximum absolute atomic E-state index is 13.8. The summed E-state index contributed by atoms with van der Waals surface area (Å²) >= 11 is 1.84. The Morgan fingerprint density at radius 2 is 2.45 bits per heavy atom. The van der Waals surface area contributed by atoms with E-state index in [4.69, 9.17) is 0 Å². The Morgan fingerprint density at radius 1 is 1.59 bits per heavy atom. The van der Waals surface area contributed by atoms with Gasteiger partial charge in [0.15, 0.2) is 17.6 Å². The smallest absolute Gasteiger partial charge is 0.191 e. The number of aliphatic imine (C=N–C) groups is 1. The molecule has 5 nitrogen and oxygen atoms in total. The van der Waals surface area contributed by atoms with Crippen molar-refractivity contribution in [1.29, 1.82) is 0 Å². The molecule has 1 fully saturated rings. The molecule has 2 rings (SSSR count). The molecule has 1 aliphatic heterocycles. The molecule has 0 aliphatic carbocycles. The van der Waals surface area contributed by atoms with Crippen LogP contribution in [0.5, 0.6) is 0 Å². The highest BCUT2D eigenvalue weighted by Crippen LogP contribution is 2.20. The maximum Gasteiger partial charge on any atom is 0.191 e. The first kappa shape index (κ1) is 16.9. The van der Waals surface area contributed by atoms with E-state index in [1.807, 2.05) is 16.7 Å². The fourth-order valence-electron chi connectivity index (χ4n) is 2.49. The second kappa shape index (κ2) is 8.82. The van der Waals surface area contributed by atoms with Crippen LogP contribution in [0.1, 0.15) is 12.8 Å². The summed E-state index contributed by atoms with van der Waals surface area (Å²) in [6.07, 6.45) is 5.79. The van der Waals surface area contributed by atoms with Gasteiger partial charge in [-0.05, 0) is 37.0 Å². The molecule has 1 unspecified atom stereocenters. The maximum atomic E-state index is 13.8. The molecule has 0 aromatic carbocycles. The molecule has 2 N–H and O–H groups in total. The zero-order valence-electron chi connectivity index (χ0n) is 13.2. The third-order valence-corrected chi connectivity index (χ3v) is 4.31. The predicted octanol–water partition coefficient (Wildman–Crippen LogP) is 1.72. The second-order valence-electron chi connectivity index (χ2n) is 5.23. The molecular formula is C15H24FN5S. The van der Waals surface area contributed by atoms with E-state index < -0.39 is 0 Å². The number of halogens is 1. The number of guanidine groups is 1. The van der Waals surface area contributed by atoms with Crippen LogP contribution < -0.4 is 15.5 Å². The van der Waals surface area contributed by atoms with Crippen LogP contribution in [0.25, 0.3) is 0 Å². The molecule has 1 aromatic rings. The summed E-state index contributed by atoms with van der Waals surface area (Å²) in [6.45, 7) is 2.44. The fraction of sp³-hybridized carbons (Fsp3) is 0.600. The highest BCUT2D eigenvalue weighted by atomic mass is 32.2. The van der Waals surface area contributed by atoms with Crippen LogP contribution in [0.15, 0.2) is 23.3 Å². The molecular weight excluding hydrogens is 301 g/mol. The molecule has 2 heterocycles. The average molecular weight is 325 g/mol. The molecule has 0 saturated carbocycles. The van der Waals surface area contributed by atoms with Crippen molar-refractivity contribution >= 4 is 23.5 Å². The fourth-order valence-corrected chi connectivity index (χ4v) is 2.92. The van der Waals surface area contributed by atoms with Gasteiger partial charge in [0.2, 0.25) is 0 Å². The van der Waals surface area contributed by atoms with E-state index in [1.165, 1.54) is 6.07 Å². The number of anilines is 1. The van der Waals surface area contributed by atoms with E-state index in [9.17, 15) is 4.39 Å². The van der Waals surface area contributed by atoms with Gasteiger partial charge in [0, 0.05) is 38.9 Å². The molecule has 0 amide bonds. The molecule has 1 saturated heterocycles. The summed E-state index contributed by atoms with van der Waals surface area (Å²) in [5.74, 6) is 2.13. The van der Waals surface area contributed by atoms with Crippen molar-refractivity contribution in [3.8, 4) is 0 Å². The van der Waals surface area contributed by atoms with Gasteiger partial charge in [-0.25, -0.2) is 9.37 Å². The average Bonchev–Trinajstić information content (AvgIpc) is 2.99. The number of aromatic nitrogens is 1. The first-order chi connectivity index (χ1) is 10.7. The number of pyridine rings is 1. The monoisotopic (exact) mass is 325 g/mol. The number of hydrogen-bond donors (Lipinski definition) is 2. The Balaban J connectivity index is 1.81. The zero-order chi connectivity index (χ0) is 15.8. The molecule has 7 heteroatoms. The van der Waals surface area contributed by atoms with Crippen molar-refractivity contribution in [3.05, 3.63) is 24.1 Å². The zero-order valence-corrected chi connectivity index (χ0v) is 14.0. The number of nitrogens with one attached hydrogen (secondary N) is 2. The highest BCUT2D eigenvalue weighted by molar-refractivity contribution is 7.98. The van der Waals surface area contributed by atoms with Gasteiger partial charge in [0.1, 0.15) is 0 Å². The lowest BCUT2D eigenvalue weighted by Crippen LogP contribution is -2.45. The van der Waals surface area contributed by atoms with Gasteiger partial charge in [-0.3, -0.25) is 4.99 Å². The number of hydrogen-bond acceptors (Lipinski definition) is 4. The quantitative estimate of drug-likeness (QED) is 0.474. The Bertz CT molecular complexity index is 497. The minimum atomic E-state index is -0.261. The van der Waals surface area contributed by atoms with Crippen molar-refractivity contribution in [2.24, 2.45) is 4.99 Å². The van der Waals surface area contributed by atoms with E-state index >= 15 is 0 Å². The van der Waals surface area contributed by atoms with Gasteiger partial charge >= 0.3 is 0 Å². The van der Waals surface area contributed by atoms with E-state index in [2.05, 4.69) is 26.9 Å². The molecule has 0 spiro atoms. The van der Waals surface area contributed by atoms with Crippen LogP contribution in [-0.4, -0.2) is 55.7 Å². The molecule has 1 atom stereocenters. The number of thioether (sulfide) groups is 1. The predicted molar refractivity (Wildman–Crippen MR) is 92.3 cm³/mol. The summed E-state index contributed by atoms with van der Waals surface area (Å²) < 4.78 is 13.8. The van der Waals surface area contributed by atoms with E-state index in [-0.39, 0.29) is 11.9 Å². The summed E-state index contributed by atoms with van der Waals surface area (Å²) in [5.41, 5.74) is 0. The topological polar surface area (TPSA) is 52.6 Å². The molecule has 22 heavy (non-hydrogen) atoms. The number of nitrogens with zero attached hydrogens (tertiary/aromatic N) is 3. The third-order valence-electron chi connectivity index (χ3n) is 3.61. The van der Waals surface area contributed by atoms with Gasteiger partial charge in [-0.2, -0.15) is 11.8 Å². The van der Waals surface area contributed by atoms with E-state index in [1.54, 1.807) is 19.3 Å². The van der Waals surface area contributed by atoms with Gasteiger partial charge in [0.25, 0.3) is 0 Å².